The standard InChI is InChI=1S/C18H32N6O2.HI/c1-6-19-16(20-8-9-21-17(25)26-18(2,3)4)24-10-7-14(13-24)15-11-22-23(5)12-15;/h11-12,14H,6-10,13H2,1-5H3,(H,19,20)(H,21,25);1H. The number of carbonyl (C=O) groups excluding carboxylic acids is 1. The zero-order valence-corrected chi connectivity index (χ0v) is 19.3. The molecule has 0 aromatic carbocycles. The van der Waals surface area contributed by atoms with E-state index < -0.39 is 11.7 Å². The summed E-state index contributed by atoms with van der Waals surface area (Å²) in [7, 11) is 1.94. The molecule has 1 aromatic rings. The van der Waals surface area contributed by atoms with E-state index in [0.29, 0.717) is 19.0 Å². The van der Waals surface area contributed by atoms with Gasteiger partial charge in [-0.25, -0.2) is 4.79 Å². The minimum Gasteiger partial charge on any atom is -0.444 e. The molecule has 1 aromatic heterocycles. The van der Waals surface area contributed by atoms with Crippen molar-refractivity contribution in [2.45, 2.75) is 45.6 Å². The molecule has 1 saturated heterocycles. The maximum Gasteiger partial charge on any atom is 0.407 e. The Labute approximate surface area is 179 Å². The lowest BCUT2D eigenvalue weighted by atomic mass is 10.0. The number of guanidine groups is 1. The van der Waals surface area contributed by atoms with E-state index in [1.165, 1.54) is 5.56 Å². The normalized spacial score (nSPS) is 17.4. The molecule has 0 bridgehead atoms. The van der Waals surface area contributed by atoms with E-state index in [9.17, 15) is 4.79 Å². The third-order valence-electron chi connectivity index (χ3n) is 4.06. The number of nitrogens with one attached hydrogen (secondary N) is 2. The zero-order valence-electron chi connectivity index (χ0n) is 17.0. The zero-order chi connectivity index (χ0) is 19.2. The Balaban J connectivity index is 0.00000364. The Kier molecular flexibility index (Phi) is 9.34. The molecule has 27 heavy (non-hydrogen) atoms. The van der Waals surface area contributed by atoms with Crippen LogP contribution in [0.2, 0.25) is 0 Å². The van der Waals surface area contributed by atoms with Gasteiger partial charge in [0.1, 0.15) is 5.60 Å². The predicted molar refractivity (Wildman–Crippen MR) is 118 cm³/mol. The predicted octanol–water partition coefficient (Wildman–Crippen LogP) is 2.32. The number of hydrogen-bond donors (Lipinski definition) is 2. The average molecular weight is 492 g/mol. The monoisotopic (exact) mass is 492 g/mol. The summed E-state index contributed by atoms with van der Waals surface area (Å²) in [5.41, 5.74) is 0.788. The van der Waals surface area contributed by atoms with Crippen LogP contribution in [-0.4, -0.2) is 65.1 Å². The van der Waals surface area contributed by atoms with Gasteiger partial charge in [0.2, 0.25) is 0 Å². The third-order valence-corrected chi connectivity index (χ3v) is 4.06. The van der Waals surface area contributed by atoms with Crippen LogP contribution >= 0.6 is 24.0 Å². The number of aryl methyl sites for hydroxylation is 1. The van der Waals surface area contributed by atoms with Crippen LogP contribution in [0, 0.1) is 0 Å². The first-order valence-corrected chi connectivity index (χ1v) is 9.27. The molecule has 1 fully saturated rings. The molecule has 154 valence electrons. The van der Waals surface area contributed by atoms with Crippen LogP contribution < -0.4 is 10.6 Å². The van der Waals surface area contributed by atoms with Crippen LogP contribution in [0.25, 0.3) is 0 Å². The number of aromatic nitrogens is 2. The molecule has 0 spiro atoms. The first kappa shape index (κ1) is 23.5. The van der Waals surface area contributed by atoms with E-state index in [4.69, 9.17) is 4.74 Å². The van der Waals surface area contributed by atoms with E-state index in [-0.39, 0.29) is 24.0 Å². The number of alkyl carbamates (subject to hydrolysis) is 1. The Morgan fingerprint density at radius 1 is 1.41 bits per heavy atom. The lowest BCUT2D eigenvalue weighted by molar-refractivity contribution is 0.0529. The first-order chi connectivity index (χ1) is 12.3. The van der Waals surface area contributed by atoms with Gasteiger partial charge < -0.3 is 20.3 Å². The highest BCUT2D eigenvalue weighted by Gasteiger charge is 2.26. The fraction of sp³-hybridized carbons (Fsp3) is 0.722. The lowest BCUT2D eigenvalue weighted by Gasteiger charge is -2.22. The van der Waals surface area contributed by atoms with Gasteiger partial charge in [-0.15, -0.1) is 24.0 Å². The molecule has 0 radical (unpaired) electrons. The minimum absolute atomic E-state index is 0. The Morgan fingerprint density at radius 3 is 2.74 bits per heavy atom. The van der Waals surface area contributed by atoms with Crippen LogP contribution in [0.15, 0.2) is 17.4 Å². The molecular weight excluding hydrogens is 459 g/mol. The second-order valence-electron chi connectivity index (χ2n) is 7.54. The molecule has 0 saturated carbocycles. The highest BCUT2D eigenvalue weighted by atomic mass is 127. The van der Waals surface area contributed by atoms with Crippen molar-refractivity contribution in [2.75, 3.05) is 32.7 Å². The number of rotatable bonds is 5. The van der Waals surface area contributed by atoms with Gasteiger partial charge >= 0.3 is 6.09 Å². The summed E-state index contributed by atoms with van der Waals surface area (Å²) in [4.78, 5) is 18.6. The summed E-state index contributed by atoms with van der Waals surface area (Å²) in [6, 6.07) is 0. The van der Waals surface area contributed by atoms with E-state index >= 15 is 0 Å². The molecule has 8 nitrogen and oxygen atoms in total. The molecular formula is C18H33IN6O2. The van der Waals surface area contributed by atoms with Crippen molar-refractivity contribution in [1.82, 2.24) is 25.3 Å². The van der Waals surface area contributed by atoms with E-state index in [1.54, 1.807) is 0 Å². The number of aliphatic imine (C=N–C) groups is 1. The van der Waals surface area contributed by atoms with Crippen molar-refractivity contribution in [1.29, 1.82) is 0 Å². The summed E-state index contributed by atoms with van der Waals surface area (Å²) >= 11 is 0. The smallest absolute Gasteiger partial charge is 0.407 e. The van der Waals surface area contributed by atoms with Gasteiger partial charge in [0.05, 0.1) is 12.7 Å². The van der Waals surface area contributed by atoms with Gasteiger partial charge in [0.15, 0.2) is 5.96 Å². The van der Waals surface area contributed by atoms with Crippen molar-refractivity contribution < 1.29 is 9.53 Å². The van der Waals surface area contributed by atoms with Gasteiger partial charge in [-0.1, -0.05) is 0 Å². The number of nitrogens with zero attached hydrogens (tertiary/aromatic N) is 4. The summed E-state index contributed by atoms with van der Waals surface area (Å²) in [5.74, 6) is 1.37. The SMILES string of the molecule is CCNC(=NCCNC(=O)OC(C)(C)C)N1CCC(c2cnn(C)c2)C1.I. The first-order valence-electron chi connectivity index (χ1n) is 9.27. The second-order valence-corrected chi connectivity index (χ2v) is 7.54. The van der Waals surface area contributed by atoms with Gasteiger partial charge in [-0.05, 0) is 39.7 Å². The molecule has 2 heterocycles. The highest BCUT2D eigenvalue weighted by Crippen LogP contribution is 2.26. The number of hydrogen-bond acceptors (Lipinski definition) is 4. The lowest BCUT2D eigenvalue weighted by Crippen LogP contribution is -2.40. The topological polar surface area (TPSA) is 83.8 Å². The fourth-order valence-electron chi connectivity index (χ4n) is 2.94. The number of amides is 1. The van der Waals surface area contributed by atoms with Gasteiger partial charge in [0.25, 0.3) is 0 Å². The van der Waals surface area contributed by atoms with E-state index in [1.807, 2.05) is 38.7 Å². The number of ether oxygens (including phenoxy) is 1. The number of carbonyl (C=O) groups is 1. The van der Waals surface area contributed by atoms with Gasteiger partial charge in [0, 0.05) is 45.3 Å². The van der Waals surface area contributed by atoms with Crippen molar-refractivity contribution in [2.24, 2.45) is 12.0 Å². The quantitative estimate of drug-likeness (QED) is 0.285. The molecule has 1 aliphatic rings. The maximum atomic E-state index is 11.7. The average Bonchev–Trinajstić information content (AvgIpc) is 3.17. The maximum absolute atomic E-state index is 11.7. The molecule has 9 heteroatoms. The molecule has 1 amide bonds. The Hall–Kier alpha value is -1.52. The highest BCUT2D eigenvalue weighted by molar-refractivity contribution is 14.0. The molecule has 2 N–H and O–H groups in total. The van der Waals surface area contributed by atoms with Crippen molar-refractivity contribution >= 4 is 36.0 Å². The van der Waals surface area contributed by atoms with Crippen LogP contribution in [0.5, 0.6) is 0 Å². The number of halogens is 1. The number of likely N-dealkylation sites (tertiary alicyclic amines) is 1. The summed E-state index contributed by atoms with van der Waals surface area (Å²) in [6.07, 6.45) is 4.72. The largest absolute Gasteiger partial charge is 0.444 e. The van der Waals surface area contributed by atoms with Crippen LogP contribution in [0.3, 0.4) is 0 Å². The molecule has 1 aliphatic heterocycles. The molecule has 0 aliphatic carbocycles. The van der Waals surface area contributed by atoms with Crippen LogP contribution in [-0.2, 0) is 11.8 Å². The Bertz CT molecular complexity index is 626. The van der Waals surface area contributed by atoms with Crippen molar-refractivity contribution in [3.8, 4) is 0 Å². The van der Waals surface area contributed by atoms with Crippen molar-refractivity contribution in [3.05, 3.63) is 18.0 Å². The summed E-state index contributed by atoms with van der Waals surface area (Å²) in [6.45, 7) is 11.3. The van der Waals surface area contributed by atoms with Crippen LogP contribution in [0.4, 0.5) is 4.79 Å². The second kappa shape index (κ2) is 10.7. The van der Waals surface area contributed by atoms with Gasteiger partial charge in [-0.3, -0.25) is 9.67 Å². The van der Waals surface area contributed by atoms with E-state index in [2.05, 4.69) is 38.7 Å². The summed E-state index contributed by atoms with van der Waals surface area (Å²) < 4.78 is 7.07. The third kappa shape index (κ3) is 7.94. The van der Waals surface area contributed by atoms with Crippen molar-refractivity contribution in [3.63, 3.8) is 0 Å². The van der Waals surface area contributed by atoms with Gasteiger partial charge in [-0.2, -0.15) is 5.10 Å². The minimum atomic E-state index is -0.487. The fourth-order valence-corrected chi connectivity index (χ4v) is 2.94. The van der Waals surface area contributed by atoms with Crippen LogP contribution in [0.1, 0.15) is 45.6 Å². The Morgan fingerprint density at radius 2 is 2.15 bits per heavy atom. The molecule has 2 rings (SSSR count). The molecule has 1 unspecified atom stereocenters. The summed E-state index contributed by atoms with van der Waals surface area (Å²) in [5, 5.41) is 10.3. The van der Waals surface area contributed by atoms with E-state index in [0.717, 1.165) is 32.0 Å². The molecule has 1 atom stereocenters.